The van der Waals surface area contributed by atoms with Gasteiger partial charge in [0, 0.05) is 49.9 Å². The Bertz CT molecular complexity index is 1210. The van der Waals surface area contributed by atoms with Gasteiger partial charge in [0.2, 0.25) is 5.90 Å². The number of hydrogen-bond donors (Lipinski definition) is 1. The fourth-order valence-corrected chi connectivity index (χ4v) is 3.73. The fraction of sp³-hybridized carbons (Fsp3) is 0.385. The van der Waals surface area contributed by atoms with Gasteiger partial charge in [0.15, 0.2) is 0 Å². The summed E-state index contributed by atoms with van der Waals surface area (Å²) in [6.45, 7) is 8.41. The minimum atomic E-state index is -0.165. The lowest BCUT2D eigenvalue weighted by atomic mass is 9.86. The van der Waals surface area contributed by atoms with Crippen molar-refractivity contribution in [2.24, 2.45) is 15.0 Å². The fourth-order valence-electron chi connectivity index (χ4n) is 3.73. The van der Waals surface area contributed by atoms with Gasteiger partial charge in [0.1, 0.15) is 17.3 Å². The highest BCUT2D eigenvalue weighted by molar-refractivity contribution is 6.01. The van der Waals surface area contributed by atoms with E-state index in [2.05, 4.69) is 53.2 Å². The van der Waals surface area contributed by atoms with Crippen molar-refractivity contribution in [1.29, 1.82) is 5.26 Å². The third-order valence-electron chi connectivity index (χ3n) is 5.50. The summed E-state index contributed by atoms with van der Waals surface area (Å²) in [7, 11) is 3.98. The Labute approximate surface area is 200 Å². The molecule has 2 aromatic rings. The number of anilines is 1. The van der Waals surface area contributed by atoms with Gasteiger partial charge in [-0.3, -0.25) is 4.99 Å². The van der Waals surface area contributed by atoms with E-state index in [4.69, 9.17) is 9.47 Å². The Balaban J connectivity index is 1.59. The SMILES string of the molecule is CN(C)c1cc(OC2=NC(Oc3cc(C#N)ccc3C(C)(C)C)=NCC2)cc(C2=NCCN2)c1. The van der Waals surface area contributed by atoms with E-state index in [1.54, 1.807) is 12.1 Å². The normalized spacial score (nSPS) is 15.5. The van der Waals surface area contributed by atoms with Crippen molar-refractivity contribution in [2.75, 3.05) is 38.6 Å². The number of aliphatic imine (C=N–C) groups is 3. The van der Waals surface area contributed by atoms with Crippen LogP contribution in [-0.4, -0.2) is 51.5 Å². The second-order valence-electron chi connectivity index (χ2n) is 9.46. The average Bonchev–Trinajstić information content (AvgIpc) is 3.33. The van der Waals surface area contributed by atoms with Crippen LogP contribution in [0.3, 0.4) is 0 Å². The van der Waals surface area contributed by atoms with Gasteiger partial charge >= 0.3 is 6.02 Å². The summed E-state index contributed by atoms with van der Waals surface area (Å²) < 4.78 is 12.3. The van der Waals surface area contributed by atoms with Crippen LogP contribution in [0.4, 0.5) is 5.69 Å². The van der Waals surface area contributed by atoms with Crippen LogP contribution < -0.4 is 19.7 Å². The van der Waals surface area contributed by atoms with E-state index in [0.717, 1.165) is 35.7 Å². The highest BCUT2D eigenvalue weighted by Crippen LogP contribution is 2.32. The van der Waals surface area contributed by atoms with Crippen LogP contribution in [0.15, 0.2) is 51.4 Å². The van der Waals surface area contributed by atoms with Crippen LogP contribution in [0, 0.1) is 11.3 Å². The van der Waals surface area contributed by atoms with E-state index in [1.165, 1.54) is 0 Å². The van der Waals surface area contributed by atoms with E-state index in [0.29, 0.717) is 35.9 Å². The first kappa shape index (κ1) is 23.3. The zero-order valence-electron chi connectivity index (χ0n) is 20.3. The van der Waals surface area contributed by atoms with Crippen molar-refractivity contribution in [3.63, 3.8) is 0 Å². The summed E-state index contributed by atoms with van der Waals surface area (Å²) >= 11 is 0. The number of hydrogen-bond acceptors (Lipinski definition) is 8. The first-order chi connectivity index (χ1) is 16.2. The second kappa shape index (κ2) is 9.56. The maximum Gasteiger partial charge on any atom is 0.320 e. The second-order valence-corrected chi connectivity index (χ2v) is 9.46. The number of nitriles is 1. The topological polar surface area (TPSA) is 94.6 Å². The molecule has 0 bridgehead atoms. The zero-order valence-corrected chi connectivity index (χ0v) is 20.3. The molecule has 2 aliphatic heterocycles. The lowest BCUT2D eigenvalue weighted by Gasteiger charge is -2.23. The molecule has 0 saturated carbocycles. The summed E-state index contributed by atoms with van der Waals surface area (Å²) in [6, 6.07) is 13.9. The molecule has 4 rings (SSSR count). The Morgan fingerprint density at radius 1 is 1.03 bits per heavy atom. The van der Waals surface area contributed by atoms with Gasteiger partial charge in [0.25, 0.3) is 0 Å². The highest BCUT2D eigenvalue weighted by atomic mass is 16.5. The third-order valence-corrected chi connectivity index (χ3v) is 5.50. The summed E-state index contributed by atoms with van der Waals surface area (Å²) in [4.78, 5) is 15.5. The summed E-state index contributed by atoms with van der Waals surface area (Å²) in [5.41, 5.74) is 3.32. The van der Waals surface area contributed by atoms with Crippen molar-refractivity contribution in [1.82, 2.24) is 5.32 Å². The van der Waals surface area contributed by atoms with Gasteiger partial charge in [0.05, 0.1) is 24.7 Å². The van der Waals surface area contributed by atoms with Crippen LogP contribution in [-0.2, 0) is 5.41 Å². The third kappa shape index (κ3) is 5.37. The van der Waals surface area contributed by atoms with Crippen molar-refractivity contribution in [3.8, 4) is 17.6 Å². The molecule has 8 nitrogen and oxygen atoms in total. The quantitative estimate of drug-likeness (QED) is 0.750. The molecule has 1 N–H and O–H groups in total. The molecule has 176 valence electrons. The molecule has 0 radical (unpaired) electrons. The molecule has 2 aromatic carbocycles. The van der Waals surface area contributed by atoms with Crippen LogP contribution >= 0.6 is 0 Å². The number of rotatable bonds is 4. The number of ether oxygens (including phenoxy) is 2. The highest BCUT2D eigenvalue weighted by Gasteiger charge is 2.22. The van der Waals surface area contributed by atoms with Crippen LogP contribution in [0.1, 0.15) is 43.9 Å². The first-order valence-electron chi connectivity index (χ1n) is 11.4. The van der Waals surface area contributed by atoms with Crippen LogP contribution in [0.2, 0.25) is 0 Å². The van der Waals surface area contributed by atoms with Gasteiger partial charge in [-0.15, -0.1) is 0 Å². The van der Waals surface area contributed by atoms with E-state index in [1.807, 2.05) is 37.2 Å². The Morgan fingerprint density at radius 3 is 2.53 bits per heavy atom. The van der Waals surface area contributed by atoms with Gasteiger partial charge in [-0.2, -0.15) is 10.3 Å². The number of benzene rings is 2. The zero-order chi connectivity index (χ0) is 24.3. The largest absolute Gasteiger partial charge is 0.443 e. The van der Waals surface area contributed by atoms with Crippen molar-refractivity contribution in [3.05, 3.63) is 53.1 Å². The van der Waals surface area contributed by atoms with E-state index in [9.17, 15) is 5.26 Å². The molecule has 0 amide bonds. The van der Waals surface area contributed by atoms with Crippen molar-refractivity contribution < 1.29 is 9.47 Å². The Hall–Kier alpha value is -3.86. The molecule has 0 aromatic heterocycles. The molecule has 0 saturated heterocycles. The molecular weight excluding hydrogens is 428 g/mol. The van der Waals surface area contributed by atoms with Gasteiger partial charge in [-0.05, 0) is 29.7 Å². The molecule has 0 aliphatic carbocycles. The number of nitrogens with one attached hydrogen (secondary N) is 1. The molecular formula is C26H30N6O2. The number of amidine groups is 2. The minimum absolute atomic E-state index is 0.165. The van der Waals surface area contributed by atoms with E-state index in [-0.39, 0.29) is 11.4 Å². The summed E-state index contributed by atoms with van der Waals surface area (Å²) in [6.07, 6.45) is 0.567. The Kier molecular flexibility index (Phi) is 6.55. The van der Waals surface area contributed by atoms with E-state index < -0.39 is 0 Å². The predicted octanol–water partition coefficient (Wildman–Crippen LogP) is 3.89. The van der Waals surface area contributed by atoms with Crippen LogP contribution in [0.25, 0.3) is 0 Å². The van der Waals surface area contributed by atoms with Crippen molar-refractivity contribution in [2.45, 2.75) is 32.6 Å². The summed E-state index contributed by atoms with van der Waals surface area (Å²) in [5.74, 6) is 2.66. The molecule has 34 heavy (non-hydrogen) atoms. The average molecular weight is 459 g/mol. The smallest absolute Gasteiger partial charge is 0.320 e. The molecule has 0 fully saturated rings. The molecule has 0 atom stereocenters. The molecule has 2 aliphatic rings. The van der Waals surface area contributed by atoms with Crippen molar-refractivity contribution >= 4 is 23.4 Å². The lowest BCUT2D eigenvalue weighted by molar-refractivity contribution is 0.483. The standard InChI is InChI=1S/C26H30N6O2/c1-26(2,3)21-7-6-17(16-27)12-22(21)34-25-30-9-8-23(31-25)33-20-14-18(24-28-10-11-29-24)13-19(15-20)32(4)5/h6-7,12-15H,8-11H2,1-5H3,(H,28,29). The minimum Gasteiger partial charge on any atom is -0.443 e. The van der Waals surface area contributed by atoms with E-state index >= 15 is 0 Å². The van der Waals surface area contributed by atoms with Crippen LogP contribution in [0.5, 0.6) is 11.5 Å². The molecule has 0 unspecified atom stereocenters. The van der Waals surface area contributed by atoms with Gasteiger partial charge in [-0.1, -0.05) is 26.8 Å². The molecule has 2 heterocycles. The Morgan fingerprint density at radius 2 is 1.85 bits per heavy atom. The lowest BCUT2D eigenvalue weighted by Crippen LogP contribution is -2.23. The maximum absolute atomic E-state index is 9.33. The number of nitrogens with zero attached hydrogens (tertiary/aromatic N) is 5. The van der Waals surface area contributed by atoms with Gasteiger partial charge in [-0.25, -0.2) is 4.99 Å². The molecule has 8 heteroatoms. The monoisotopic (exact) mass is 458 g/mol. The summed E-state index contributed by atoms with van der Waals surface area (Å²) in [5, 5.41) is 12.6. The maximum atomic E-state index is 9.33. The van der Waals surface area contributed by atoms with Gasteiger partial charge < -0.3 is 19.7 Å². The predicted molar refractivity (Wildman–Crippen MR) is 136 cm³/mol. The molecule has 0 spiro atoms. The first-order valence-corrected chi connectivity index (χ1v) is 11.4.